The van der Waals surface area contributed by atoms with Crippen LogP contribution in [0.25, 0.3) is 17.2 Å². The minimum absolute atomic E-state index is 0.116. The second-order valence-electron chi connectivity index (χ2n) is 8.69. The Bertz CT molecular complexity index is 1260. The fourth-order valence-corrected chi connectivity index (χ4v) is 4.00. The van der Waals surface area contributed by atoms with E-state index in [1.54, 1.807) is 13.0 Å². The highest BCUT2D eigenvalue weighted by atomic mass is 16.6. The van der Waals surface area contributed by atoms with Gasteiger partial charge < -0.3 is 29.2 Å². The van der Waals surface area contributed by atoms with Crippen LogP contribution in [0.15, 0.2) is 77.8 Å². The molecule has 0 fully saturated rings. The van der Waals surface area contributed by atoms with Crippen molar-refractivity contribution in [2.45, 2.75) is 19.9 Å². The normalized spacial score (nSPS) is 14.6. The van der Waals surface area contributed by atoms with E-state index in [1.807, 2.05) is 42.5 Å². The van der Waals surface area contributed by atoms with Crippen molar-refractivity contribution in [3.05, 3.63) is 88.9 Å². The number of hydrogen-bond donors (Lipinski definition) is 3. The summed E-state index contributed by atoms with van der Waals surface area (Å²) in [6, 6.07) is 11.0. The van der Waals surface area contributed by atoms with Gasteiger partial charge in [-0.05, 0) is 59.9 Å². The molecule has 0 radical (unpaired) electrons. The smallest absolute Gasteiger partial charge is 0.323 e. The lowest BCUT2D eigenvalue weighted by Crippen LogP contribution is -2.41. The number of carboxylic acid groups (broad SMARTS) is 1. The minimum atomic E-state index is -1.15. The number of aliphatic carboxylic acids is 1. The van der Waals surface area contributed by atoms with Crippen molar-refractivity contribution in [3.8, 4) is 22.6 Å². The Morgan fingerprint density at radius 3 is 2.55 bits per heavy atom. The van der Waals surface area contributed by atoms with Crippen LogP contribution in [0.1, 0.15) is 18.1 Å². The highest BCUT2D eigenvalue weighted by Gasteiger charge is 2.19. The standard InChI is InChI=1S/C30H35NO7/c1-19(15-28(36-5)25(21(3)35-4)17-31-26(18-32)30(33)34)9-10-22-7-6-8-24(20(22)2)23-11-12-27-29(16-23)38-14-13-37-27/h6-12,15-16,26,31-32H,1,13-14,17-18H2,2-5H3,(H,33,34)/b10-9+,25-21+,28-15+. The largest absolute Gasteiger partial charge is 0.501 e. The maximum absolute atomic E-state index is 11.3. The highest BCUT2D eigenvalue weighted by molar-refractivity contribution is 5.75. The lowest BCUT2D eigenvalue weighted by molar-refractivity contribution is -0.140. The molecule has 1 heterocycles. The summed E-state index contributed by atoms with van der Waals surface area (Å²) in [5.74, 6) is 1.37. The molecule has 0 saturated heterocycles. The molecule has 8 nitrogen and oxygen atoms in total. The number of carbonyl (C=O) groups is 1. The summed E-state index contributed by atoms with van der Waals surface area (Å²) in [5.41, 5.74) is 5.55. The van der Waals surface area contributed by atoms with Gasteiger partial charge in [0.2, 0.25) is 0 Å². The summed E-state index contributed by atoms with van der Waals surface area (Å²) in [4.78, 5) is 11.3. The summed E-state index contributed by atoms with van der Waals surface area (Å²) < 4.78 is 22.4. The number of ether oxygens (including phenoxy) is 4. The lowest BCUT2D eigenvalue weighted by atomic mass is 9.95. The van der Waals surface area contributed by atoms with Crippen LogP contribution in [0, 0.1) is 6.92 Å². The number of allylic oxidation sites excluding steroid dienone is 4. The zero-order chi connectivity index (χ0) is 27.7. The molecule has 1 aliphatic rings. The van der Waals surface area contributed by atoms with E-state index in [0.717, 1.165) is 33.8 Å². The van der Waals surface area contributed by atoms with E-state index >= 15 is 0 Å². The molecule has 2 aromatic carbocycles. The number of hydrogen-bond acceptors (Lipinski definition) is 7. The molecule has 8 heteroatoms. The molecular formula is C30H35NO7. The van der Waals surface area contributed by atoms with Gasteiger partial charge in [0.25, 0.3) is 0 Å². The first-order valence-electron chi connectivity index (χ1n) is 12.2. The Balaban J connectivity index is 1.82. The summed E-state index contributed by atoms with van der Waals surface area (Å²) in [6.07, 6.45) is 5.63. The van der Waals surface area contributed by atoms with E-state index < -0.39 is 18.6 Å². The average Bonchev–Trinajstić information content (AvgIpc) is 2.93. The summed E-state index contributed by atoms with van der Waals surface area (Å²) in [5, 5.41) is 21.3. The Morgan fingerprint density at radius 1 is 1.16 bits per heavy atom. The van der Waals surface area contributed by atoms with Crippen molar-refractivity contribution in [2.24, 2.45) is 0 Å². The molecule has 1 aliphatic heterocycles. The predicted octanol–water partition coefficient (Wildman–Crippen LogP) is 4.49. The summed E-state index contributed by atoms with van der Waals surface area (Å²) in [6.45, 7) is 8.62. The van der Waals surface area contributed by atoms with E-state index in [1.165, 1.54) is 14.2 Å². The Hall–Kier alpha value is -4.01. The van der Waals surface area contributed by atoms with Crippen LogP contribution < -0.4 is 14.8 Å². The third-order valence-electron chi connectivity index (χ3n) is 6.28. The SMILES string of the molecule is C=C(/C=C/c1cccc(-c2ccc3c(c2)OCCO3)c1C)/C=C(OC)\C(CNC(CO)C(=O)O)=C(/C)OC. The van der Waals surface area contributed by atoms with Gasteiger partial charge in [-0.3, -0.25) is 10.1 Å². The first-order chi connectivity index (χ1) is 18.3. The predicted molar refractivity (Wildman–Crippen MR) is 147 cm³/mol. The van der Waals surface area contributed by atoms with Gasteiger partial charge in [0.1, 0.15) is 30.8 Å². The van der Waals surface area contributed by atoms with Gasteiger partial charge in [0.05, 0.1) is 20.8 Å². The van der Waals surface area contributed by atoms with Crippen molar-refractivity contribution < 1.29 is 34.0 Å². The van der Waals surface area contributed by atoms with Crippen LogP contribution in [-0.4, -0.2) is 62.8 Å². The average molecular weight is 522 g/mol. The Labute approximate surface area is 223 Å². The molecule has 1 atom stereocenters. The van der Waals surface area contributed by atoms with Crippen LogP contribution in [0.4, 0.5) is 0 Å². The third-order valence-corrected chi connectivity index (χ3v) is 6.28. The van der Waals surface area contributed by atoms with E-state index in [2.05, 4.69) is 24.9 Å². The zero-order valence-electron chi connectivity index (χ0n) is 22.2. The van der Waals surface area contributed by atoms with Gasteiger partial charge in [-0.25, -0.2) is 0 Å². The second kappa shape index (κ2) is 13.5. The number of nitrogens with one attached hydrogen (secondary N) is 1. The van der Waals surface area contributed by atoms with Crippen LogP contribution in [0.5, 0.6) is 11.5 Å². The monoisotopic (exact) mass is 521 g/mol. The fraction of sp³-hybridized carbons (Fsp3) is 0.300. The number of aliphatic hydroxyl groups excluding tert-OH is 1. The van der Waals surface area contributed by atoms with Gasteiger partial charge >= 0.3 is 5.97 Å². The zero-order valence-corrected chi connectivity index (χ0v) is 22.2. The molecule has 2 aromatic rings. The van der Waals surface area contributed by atoms with Crippen molar-refractivity contribution in [1.29, 1.82) is 0 Å². The summed E-state index contributed by atoms with van der Waals surface area (Å²) in [7, 11) is 3.04. The van der Waals surface area contributed by atoms with Gasteiger partial charge in [-0.15, -0.1) is 0 Å². The number of rotatable bonds is 12. The maximum atomic E-state index is 11.3. The van der Waals surface area contributed by atoms with Crippen molar-refractivity contribution in [1.82, 2.24) is 5.32 Å². The quantitative estimate of drug-likeness (QED) is 0.277. The van der Waals surface area contributed by atoms with Crippen molar-refractivity contribution >= 4 is 12.0 Å². The van der Waals surface area contributed by atoms with Gasteiger partial charge in [-0.2, -0.15) is 0 Å². The molecule has 0 amide bonds. The van der Waals surface area contributed by atoms with E-state index in [-0.39, 0.29) is 6.54 Å². The molecule has 3 N–H and O–H groups in total. The van der Waals surface area contributed by atoms with Gasteiger partial charge in [-0.1, -0.05) is 43.0 Å². The molecule has 202 valence electrons. The minimum Gasteiger partial charge on any atom is -0.501 e. The topological polar surface area (TPSA) is 106 Å². The summed E-state index contributed by atoms with van der Waals surface area (Å²) >= 11 is 0. The molecule has 0 aromatic heterocycles. The molecule has 3 rings (SSSR count). The van der Waals surface area contributed by atoms with Crippen molar-refractivity contribution in [3.63, 3.8) is 0 Å². The van der Waals surface area contributed by atoms with Crippen LogP contribution in [0.3, 0.4) is 0 Å². The van der Waals surface area contributed by atoms with Crippen LogP contribution >= 0.6 is 0 Å². The molecule has 1 unspecified atom stereocenters. The van der Waals surface area contributed by atoms with Crippen LogP contribution in [0.2, 0.25) is 0 Å². The Kier molecular flexibility index (Phi) is 10.2. The fourth-order valence-electron chi connectivity index (χ4n) is 4.00. The Morgan fingerprint density at radius 2 is 1.89 bits per heavy atom. The van der Waals surface area contributed by atoms with Crippen molar-refractivity contribution in [2.75, 3.05) is 40.6 Å². The number of carboxylic acids is 1. The lowest BCUT2D eigenvalue weighted by Gasteiger charge is -2.19. The number of aliphatic hydroxyl groups is 1. The molecule has 38 heavy (non-hydrogen) atoms. The second-order valence-corrected chi connectivity index (χ2v) is 8.69. The van der Waals surface area contributed by atoms with Gasteiger partial charge in [0.15, 0.2) is 11.5 Å². The molecule has 0 bridgehead atoms. The first kappa shape index (κ1) is 28.6. The number of benzene rings is 2. The van der Waals surface area contributed by atoms with E-state index in [9.17, 15) is 15.0 Å². The maximum Gasteiger partial charge on any atom is 0.323 e. The molecule has 0 saturated carbocycles. The number of fused-ring (bicyclic) bond motifs is 1. The molecular weight excluding hydrogens is 486 g/mol. The van der Waals surface area contributed by atoms with E-state index in [0.29, 0.717) is 35.9 Å². The molecule has 0 aliphatic carbocycles. The first-order valence-corrected chi connectivity index (χ1v) is 12.2. The third kappa shape index (κ3) is 7.06. The van der Waals surface area contributed by atoms with Crippen LogP contribution in [-0.2, 0) is 14.3 Å². The van der Waals surface area contributed by atoms with Gasteiger partial charge in [0, 0.05) is 12.1 Å². The van der Waals surface area contributed by atoms with E-state index in [4.69, 9.17) is 18.9 Å². The highest BCUT2D eigenvalue weighted by Crippen LogP contribution is 2.36. The molecule has 0 spiro atoms. The number of methoxy groups -OCH3 is 2.